The van der Waals surface area contributed by atoms with Crippen molar-refractivity contribution in [2.75, 3.05) is 11.9 Å². The highest BCUT2D eigenvalue weighted by atomic mass is 16.5. The van der Waals surface area contributed by atoms with Crippen LogP contribution in [0.3, 0.4) is 0 Å². The summed E-state index contributed by atoms with van der Waals surface area (Å²) in [6, 6.07) is 17.2. The number of nitrogens with one attached hydrogen (secondary N) is 1. The fourth-order valence-corrected chi connectivity index (χ4v) is 3.07. The first-order valence-electron chi connectivity index (χ1n) is 9.54. The summed E-state index contributed by atoms with van der Waals surface area (Å²) in [5.74, 6) is -1.72. The minimum atomic E-state index is -1.16. The van der Waals surface area contributed by atoms with E-state index in [9.17, 15) is 19.6 Å². The van der Waals surface area contributed by atoms with Crippen molar-refractivity contribution in [2.45, 2.75) is 6.92 Å². The molecule has 9 heteroatoms. The van der Waals surface area contributed by atoms with E-state index in [2.05, 4.69) is 5.32 Å². The molecule has 0 bridgehead atoms. The van der Waals surface area contributed by atoms with Crippen molar-refractivity contribution in [3.05, 3.63) is 81.8 Å². The molecule has 2 aromatic carbocycles. The van der Waals surface area contributed by atoms with Gasteiger partial charge in [0.05, 0.1) is 11.4 Å². The molecule has 9 nitrogen and oxygen atoms in total. The zero-order valence-corrected chi connectivity index (χ0v) is 17.4. The van der Waals surface area contributed by atoms with Gasteiger partial charge in [-0.25, -0.2) is 9.48 Å². The Kier molecular flexibility index (Phi) is 6.56. The maximum Gasteiger partial charge on any atom is 0.341 e. The van der Waals surface area contributed by atoms with Gasteiger partial charge < -0.3 is 15.2 Å². The first-order chi connectivity index (χ1) is 15.3. The third-order valence-electron chi connectivity index (χ3n) is 4.73. The SMILES string of the molecule is Cc1c(NC(=O)C(C#N)=Cc2ccccc2OCC(=O)O)c(=O)n(-c2ccccc2)n1C. The second-order valence-electron chi connectivity index (χ2n) is 6.78. The maximum absolute atomic E-state index is 13.0. The Hall–Kier alpha value is -4.58. The summed E-state index contributed by atoms with van der Waals surface area (Å²) in [4.78, 5) is 36.5. The highest BCUT2D eigenvalue weighted by molar-refractivity contribution is 6.10. The van der Waals surface area contributed by atoms with E-state index in [0.717, 1.165) is 0 Å². The van der Waals surface area contributed by atoms with Crippen molar-refractivity contribution in [3.8, 4) is 17.5 Å². The number of aromatic nitrogens is 2. The third-order valence-corrected chi connectivity index (χ3v) is 4.73. The van der Waals surface area contributed by atoms with Gasteiger partial charge in [-0.2, -0.15) is 5.26 Å². The van der Waals surface area contributed by atoms with Gasteiger partial charge in [0.2, 0.25) is 0 Å². The number of carboxylic acid groups (broad SMARTS) is 1. The largest absolute Gasteiger partial charge is 0.481 e. The molecular weight excluding hydrogens is 412 g/mol. The zero-order chi connectivity index (χ0) is 23.3. The van der Waals surface area contributed by atoms with E-state index in [-0.39, 0.29) is 17.0 Å². The van der Waals surface area contributed by atoms with Gasteiger partial charge in [-0.05, 0) is 31.2 Å². The number of aliphatic carboxylic acids is 1. The summed E-state index contributed by atoms with van der Waals surface area (Å²) in [7, 11) is 1.69. The molecule has 0 aliphatic heterocycles. The molecule has 0 atom stereocenters. The molecule has 0 saturated carbocycles. The summed E-state index contributed by atoms with van der Waals surface area (Å²) in [6.07, 6.45) is 1.28. The van der Waals surface area contributed by atoms with E-state index in [1.807, 2.05) is 12.1 Å². The zero-order valence-electron chi connectivity index (χ0n) is 17.4. The lowest BCUT2D eigenvalue weighted by Crippen LogP contribution is -2.23. The number of benzene rings is 2. The molecule has 162 valence electrons. The second kappa shape index (κ2) is 9.49. The van der Waals surface area contributed by atoms with Crippen LogP contribution in [0.2, 0.25) is 0 Å². The summed E-state index contributed by atoms with van der Waals surface area (Å²) >= 11 is 0. The fraction of sp³-hybridized carbons (Fsp3) is 0.130. The van der Waals surface area contributed by atoms with Crippen LogP contribution in [0.15, 0.2) is 65.0 Å². The number of ether oxygens (including phenoxy) is 1. The van der Waals surface area contributed by atoms with Gasteiger partial charge in [0.15, 0.2) is 6.61 Å². The summed E-state index contributed by atoms with van der Waals surface area (Å²) in [5.41, 5.74) is 0.834. The minimum absolute atomic E-state index is 0.0536. The van der Waals surface area contributed by atoms with E-state index in [4.69, 9.17) is 9.84 Å². The molecule has 32 heavy (non-hydrogen) atoms. The Labute approximate surface area is 183 Å². The third kappa shape index (κ3) is 4.60. The Balaban J connectivity index is 1.93. The molecule has 0 aliphatic carbocycles. The van der Waals surface area contributed by atoms with Crippen LogP contribution in [0.5, 0.6) is 5.75 Å². The number of carbonyl (C=O) groups is 2. The molecule has 3 rings (SSSR count). The number of carboxylic acids is 1. The molecule has 2 N–H and O–H groups in total. The molecule has 0 spiro atoms. The topological polar surface area (TPSA) is 126 Å². The van der Waals surface area contributed by atoms with E-state index >= 15 is 0 Å². The Bertz CT molecular complexity index is 1300. The van der Waals surface area contributed by atoms with Crippen LogP contribution >= 0.6 is 0 Å². The first-order valence-corrected chi connectivity index (χ1v) is 9.54. The van der Waals surface area contributed by atoms with Crippen molar-refractivity contribution in [1.29, 1.82) is 5.26 Å². The molecule has 0 radical (unpaired) electrons. The van der Waals surface area contributed by atoms with Crippen LogP contribution in [0, 0.1) is 18.3 Å². The van der Waals surface area contributed by atoms with Crippen molar-refractivity contribution >= 4 is 23.6 Å². The van der Waals surface area contributed by atoms with Crippen molar-refractivity contribution in [3.63, 3.8) is 0 Å². The van der Waals surface area contributed by atoms with Crippen molar-refractivity contribution < 1.29 is 19.4 Å². The molecule has 1 amide bonds. The van der Waals surface area contributed by atoms with Crippen molar-refractivity contribution in [2.24, 2.45) is 7.05 Å². The highest BCUT2D eigenvalue weighted by Crippen LogP contribution is 2.22. The number of carbonyl (C=O) groups excluding carboxylic acids is 1. The molecule has 1 aromatic heterocycles. The quantitative estimate of drug-likeness (QED) is 0.436. The number of amides is 1. The number of rotatable bonds is 7. The maximum atomic E-state index is 13.0. The molecule has 0 fully saturated rings. The standard InChI is InChI=1S/C23H20N4O5/c1-15-21(23(31)27(26(15)2)18-9-4-3-5-10-18)25-22(30)17(13-24)12-16-8-6-7-11-19(16)32-14-20(28)29/h3-12H,14H2,1-2H3,(H,25,30)(H,28,29). The van der Waals surface area contributed by atoms with E-state index in [1.165, 1.54) is 16.8 Å². The summed E-state index contributed by atoms with van der Waals surface area (Å²) in [6.45, 7) is 1.11. The van der Waals surface area contributed by atoms with Gasteiger partial charge in [0, 0.05) is 12.6 Å². The normalized spacial score (nSPS) is 11.0. The lowest BCUT2D eigenvalue weighted by atomic mass is 10.1. The lowest BCUT2D eigenvalue weighted by Gasteiger charge is -2.08. The number of para-hydroxylation sites is 2. The first kappa shape index (κ1) is 22.1. The number of hydrogen-bond donors (Lipinski definition) is 2. The number of anilines is 1. The van der Waals surface area contributed by atoms with Crippen LogP contribution in [0.25, 0.3) is 11.8 Å². The summed E-state index contributed by atoms with van der Waals surface area (Å²) < 4.78 is 8.23. The van der Waals surface area contributed by atoms with Gasteiger partial charge in [-0.15, -0.1) is 0 Å². The average Bonchev–Trinajstić information content (AvgIpc) is 3.00. The Morgan fingerprint density at radius 2 is 1.81 bits per heavy atom. The van der Waals surface area contributed by atoms with Crippen molar-refractivity contribution in [1.82, 2.24) is 9.36 Å². The molecule has 0 saturated heterocycles. The second-order valence-corrected chi connectivity index (χ2v) is 6.78. The van der Waals surface area contributed by atoms with E-state index in [1.54, 1.807) is 61.1 Å². The van der Waals surface area contributed by atoms with Gasteiger partial charge in [0.25, 0.3) is 11.5 Å². The number of nitriles is 1. The monoisotopic (exact) mass is 432 g/mol. The van der Waals surface area contributed by atoms with Gasteiger partial charge in [-0.1, -0.05) is 36.4 Å². The van der Waals surface area contributed by atoms with Gasteiger partial charge >= 0.3 is 5.97 Å². The predicted octanol–water partition coefficient (Wildman–Crippen LogP) is 2.49. The molecule has 0 aliphatic rings. The molecule has 1 heterocycles. The minimum Gasteiger partial charge on any atom is -0.481 e. The van der Waals surface area contributed by atoms with E-state index < -0.39 is 24.0 Å². The Morgan fingerprint density at radius 1 is 1.16 bits per heavy atom. The predicted molar refractivity (Wildman–Crippen MR) is 118 cm³/mol. The number of nitrogens with zero attached hydrogens (tertiary/aromatic N) is 3. The fourth-order valence-electron chi connectivity index (χ4n) is 3.07. The van der Waals surface area contributed by atoms with Crippen LogP contribution < -0.4 is 15.6 Å². The van der Waals surface area contributed by atoms with Crippen LogP contribution in [0.1, 0.15) is 11.3 Å². The van der Waals surface area contributed by atoms with Gasteiger partial charge in [-0.3, -0.25) is 14.3 Å². The van der Waals surface area contributed by atoms with Gasteiger partial charge in [0.1, 0.15) is 23.1 Å². The van der Waals surface area contributed by atoms with Crippen LogP contribution in [0.4, 0.5) is 5.69 Å². The van der Waals surface area contributed by atoms with Crippen LogP contribution in [-0.4, -0.2) is 33.0 Å². The average molecular weight is 432 g/mol. The highest BCUT2D eigenvalue weighted by Gasteiger charge is 2.20. The smallest absolute Gasteiger partial charge is 0.341 e. The lowest BCUT2D eigenvalue weighted by molar-refractivity contribution is -0.139. The Morgan fingerprint density at radius 3 is 2.47 bits per heavy atom. The molecule has 3 aromatic rings. The molecule has 0 unspecified atom stereocenters. The van der Waals surface area contributed by atoms with E-state index in [0.29, 0.717) is 16.9 Å². The van der Waals surface area contributed by atoms with Crippen LogP contribution in [-0.2, 0) is 16.6 Å². The summed E-state index contributed by atoms with van der Waals surface area (Å²) in [5, 5.41) is 20.9. The number of hydrogen-bond acceptors (Lipinski definition) is 5. The molecular formula is C23H20N4O5.